The zero-order chi connectivity index (χ0) is 31.6. The summed E-state index contributed by atoms with van der Waals surface area (Å²) < 4.78 is 99.9. The molecule has 0 atom stereocenters. The molecule has 21 heteroatoms. The molecule has 13 nitrogen and oxygen atoms in total. The predicted molar refractivity (Wildman–Crippen MR) is 145 cm³/mol. The Balaban J connectivity index is 0.00000276. The van der Waals surface area contributed by atoms with E-state index in [0.717, 1.165) is 6.07 Å². The molecule has 0 saturated heterocycles. The normalized spacial score (nSPS) is 12.4. The Bertz CT molecular complexity index is 2160. The SMILES string of the molecule is Nc1c(S(=O)(=O)[O-])cc(Nc2cc(S(=O)(=O)[O-])c(Nc3nc(F)nc(F)c3Cl)cc2Cl)c2c1C(=O)c1ccccc1C2=O.[Na+].[Na+]. The molecule has 1 heterocycles. The van der Waals surface area contributed by atoms with Gasteiger partial charge in [-0.2, -0.15) is 18.7 Å². The molecule has 0 amide bonds. The van der Waals surface area contributed by atoms with Crippen molar-refractivity contribution in [2.45, 2.75) is 9.79 Å². The summed E-state index contributed by atoms with van der Waals surface area (Å²) in [6.45, 7) is 0. The third-order valence-electron chi connectivity index (χ3n) is 6.11. The molecule has 0 saturated carbocycles. The van der Waals surface area contributed by atoms with Crippen molar-refractivity contribution in [2.24, 2.45) is 0 Å². The molecule has 0 spiro atoms. The van der Waals surface area contributed by atoms with Gasteiger partial charge in [0.15, 0.2) is 17.4 Å². The standard InChI is InChI=1S/C24H13Cl2F2N5O8S2.2Na/c25-10-5-12(31-23-18(26)22(27)32-24(28)33-23)14(42(36,37)38)6-11(10)30-13-7-15(43(39,40)41)19(29)17-16(13)20(34)8-3-1-2-4-9(8)21(17)35;;/h1-7,30H,29H2,(H,31,32,33)(H,36,37,38)(H,39,40,41);;/q;2*+1/p-2. The number of fused-ring (bicyclic) bond motifs is 2. The van der Waals surface area contributed by atoms with E-state index in [2.05, 4.69) is 20.6 Å². The second-order valence-electron chi connectivity index (χ2n) is 8.72. The molecule has 0 radical (unpaired) electrons. The van der Waals surface area contributed by atoms with Crippen molar-refractivity contribution in [3.05, 3.63) is 86.8 Å². The van der Waals surface area contributed by atoms with E-state index in [0.29, 0.717) is 12.1 Å². The van der Waals surface area contributed by atoms with Gasteiger partial charge in [-0.05, 0) is 18.2 Å². The molecule has 0 fully saturated rings. The fourth-order valence-corrected chi connectivity index (χ4v) is 5.92. The van der Waals surface area contributed by atoms with Gasteiger partial charge in [0.05, 0.1) is 48.7 Å². The largest absolute Gasteiger partial charge is 1.00 e. The molecule has 0 aliphatic heterocycles. The van der Waals surface area contributed by atoms with Crippen LogP contribution in [0.25, 0.3) is 0 Å². The number of nitrogens with zero attached hydrogens (tertiary/aromatic N) is 2. The minimum absolute atomic E-state index is 0. The molecular weight excluding hydrogens is 705 g/mol. The molecule has 4 N–H and O–H groups in total. The summed E-state index contributed by atoms with van der Waals surface area (Å²) in [5.74, 6) is -3.98. The summed E-state index contributed by atoms with van der Waals surface area (Å²) in [7, 11) is -10.8. The number of nitrogens with one attached hydrogen (secondary N) is 2. The van der Waals surface area contributed by atoms with Crippen molar-refractivity contribution >= 4 is 83.6 Å². The van der Waals surface area contributed by atoms with Crippen LogP contribution in [0.5, 0.6) is 0 Å². The fourth-order valence-electron chi connectivity index (χ4n) is 4.30. The maximum Gasteiger partial charge on any atom is 1.00 e. The molecule has 0 bridgehead atoms. The Hall–Kier alpha value is -2.26. The maximum absolute atomic E-state index is 13.8. The Morgan fingerprint density at radius 1 is 0.756 bits per heavy atom. The van der Waals surface area contributed by atoms with Gasteiger partial charge in [0, 0.05) is 11.1 Å². The zero-order valence-electron chi connectivity index (χ0n) is 22.6. The number of nitrogens with two attached hydrogens (primary N) is 1. The van der Waals surface area contributed by atoms with E-state index in [4.69, 9.17) is 28.9 Å². The zero-order valence-corrected chi connectivity index (χ0v) is 29.8. The van der Waals surface area contributed by atoms with Crippen LogP contribution in [0, 0.1) is 12.0 Å². The van der Waals surface area contributed by atoms with Crippen molar-refractivity contribution < 1.29 is 103 Å². The Morgan fingerprint density at radius 2 is 1.29 bits per heavy atom. The number of halogens is 4. The summed E-state index contributed by atoms with van der Waals surface area (Å²) in [5, 5.41) is 3.38. The van der Waals surface area contributed by atoms with Gasteiger partial charge in [-0.15, -0.1) is 0 Å². The third kappa shape index (κ3) is 7.04. The van der Waals surface area contributed by atoms with E-state index in [9.17, 15) is 44.3 Å². The van der Waals surface area contributed by atoms with Gasteiger partial charge in [0.2, 0.25) is 5.95 Å². The number of rotatable bonds is 6. The van der Waals surface area contributed by atoms with E-state index in [1.807, 2.05) is 0 Å². The predicted octanol–water partition coefficient (Wildman–Crippen LogP) is -2.28. The second kappa shape index (κ2) is 13.5. The van der Waals surface area contributed by atoms with Crippen LogP contribution in [0.1, 0.15) is 31.8 Å². The molecule has 222 valence electrons. The van der Waals surface area contributed by atoms with E-state index in [1.165, 1.54) is 24.3 Å². The summed E-state index contributed by atoms with van der Waals surface area (Å²) >= 11 is 12.0. The molecule has 45 heavy (non-hydrogen) atoms. The number of carbonyl (C=O) groups is 2. The van der Waals surface area contributed by atoms with Crippen molar-refractivity contribution in [2.75, 3.05) is 16.4 Å². The van der Waals surface area contributed by atoms with E-state index in [-0.39, 0.29) is 70.2 Å². The van der Waals surface area contributed by atoms with E-state index < -0.39 is 103 Å². The first kappa shape index (κ1) is 37.2. The van der Waals surface area contributed by atoms with Crippen LogP contribution >= 0.6 is 23.2 Å². The van der Waals surface area contributed by atoms with Crippen LogP contribution in [-0.2, 0) is 20.2 Å². The number of aromatic nitrogens is 2. The molecule has 1 aliphatic carbocycles. The number of hydrogen-bond acceptors (Lipinski definition) is 13. The Kier molecular flexibility index (Phi) is 11.1. The van der Waals surface area contributed by atoms with Crippen molar-refractivity contribution in [3.63, 3.8) is 0 Å². The first-order valence-electron chi connectivity index (χ1n) is 11.3. The summed E-state index contributed by atoms with van der Waals surface area (Å²) in [6, 6.07) is 7.59. The molecule has 1 aliphatic rings. The van der Waals surface area contributed by atoms with Crippen LogP contribution in [0.15, 0.2) is 52.3 Å². The quantitative estimate of drug-likeness (QED) is 0.0555. The number of ketones is 2. The van der Waals surface area contributed by atoms with Crippen molar-refractivity contribution in [1.82, 2.24) is 9.97 Å². The van der Waals surface area contributed by atoms with Crippen LogP contribution < -0.4 is 75.5 Å². The van der Waals surface area contributed by atoms with Gasteiger partial charge in [0.25, 0.3) is 0 Å². The number of carbonyl (C=O) groups excluding carboxylic acids is 2. The average molecular weight is 716 g/mol. The molecule has 5 rings (SSSR count). The molecule has 3 aromatic carbocycles. The Labute approximate surface area is 307 Å². The monoisotopic (exact) mass is 715 g/mol. The molecular formula is C24H11Cl2F2N5Na2O8S2. The number of benzene rings is 3. The first-order chi connectivity index (χ1) is 20.0. The molecule has 4 aromatic rings. The smallest absolute Gasteiger partial charge is 0.744 e. The van der Waals surface area contributed by atoms with Crippen LogP contribution in [0.2, 0.25) is 10.0 Å². The second-order valence-corrected chi connectivity index (χ2v) is 12.2. The van der Waals surface area contributed by atoms with Gasteiger partial charge in [-0.3, -0.25) is 9.59 Å². The third-order valence-corrected chi connectivity index (χ3v) is 8.51. The Morgan fingerprint density at radius 3 is 1.84 bits per heavy atom. The van der Waals surface area contributed by atoms with Gasteiger partial charge in [-0.1, -0.05) is 47.5 Å². The molecule has 0 unspecified atom stereocenters. The van der Waals surface area contributed by atoms with Crippen LogP contribution in [0.4, 0.5) is 37.3 Å². The average Bonchev–Trinajstić information content (AvgIpc) is 2.90. The topological polar surface area (TPSA) is 224 Å². The summed E-state index contributed by atoms with van der Waals surface area (Å²) in [4.78, 5) is 30.6. The minimum Gasteiger partial charge on any atom is -0.744 e. The van der Waals surface area contributed by atoms with Crippen molar-refractivity contribution in [1.29, 1.82) is 0 Å². The summed E-state index contributed by atoms with van der Waals surface area (Å²) in [5.41, 5.74) is 2.19. The number of nitrogen functional groups attached to an aromatic ring is 1. The first-order valence-corrected chi connectivity index (χ1v) is 14.9. The van der Waals surface area contributed by atoms with Gasteiger partial charge in [0.1, 0.15) is 25.3 Å². The van der Waals surface area contributed by atoms with Crippen molar-refractivity contribution in [3.8, 4) is 0 Å². The van der Waals surface area contributed by atoms with Gasteiger partial charge in [-0.25, -0.2) is 16.8 Å². The van der Waals surface area contributed by atoms with Crippen LogP contribution in [-0.4, -0.2) is 47.5 Å². The molecule has 1 aromatic heterocycles. The number of anilines is 5. The minimum atomic E-state index is -5.41. The van der Waals surface area contributed by atoms with Gasteiger partial charge < -0.3 is 25.5 Å². The van der Waals surface area contributed by atoms with Gasteiger partial charge >= 0.3 is 65.2 Å². The fraction of sp³-hybridized carbons (Fsp3) is 0. The van der Waals surface area contributed by atoms with Crippen LogP contribution in [0.3, 0.4) is 0 Å². The van der Waals surface area contributed by atoms with E-state index in [1.54, 1.807) is 0 Å². The summed E-state index contributed by atoms with van der Waals surface area (Å²) in [6.07, 6.45) is -1.58. The van der Waals surface area contributed by atoms with E-state index >= 15 is 0 Å². The maximum atomic E-state index is 13.8. The number of hydrogen-bond donors (Lipinski definition) is 3.